The Labute approximate surface area is 165 Å². The lowest BCUT2D eigenvalue weighted by molar-refractivity contribution is 0.0686. The van der Waals surface area contributed by atoms with Crippen molar-refractivity contribution in [2.24, 2.45) is 0 Å². The molecule has 0 aliphatic rings. The molecule has 0 atom stereocenters. The molecule has 1 heterocycles. The molecule has 0 unspecified atom stereocenters. The molecule has 0 spiro atoms. The maximum atomic E-state index is 13.2. The van der Waals surface area contributed by atoms with Crippen LogP contribution in [0.25, 0.3) is 0 Å². The zero-order valence-corrected chi connectivity index (χ0v) is 16.0. The summed E-state index contributed by atoms with van der Waals surface area (Å²) in [6, 6.07) is 14.1. The molecule has 2 N–H and O–H groups in total. The van der Waals surface area contributed by atoms with Crippen molar-refractivity contribution in [2.45, 2.75) is 11.4 Å². The van der Waals surface area contributed by atoms with E-state index in [1.165, 1.54) is 64.2 Å². The highest BCUT2D eigenvalue weighted by molar-refractivity contribution is 7.92. The van der Waals surface area contributed by atoms with Gasteiger partial charge in [-0.05, 0) is 60.0 Å². The van der Waals surface area contributed by atoms with Crippen LogP contribution in [0.5, 0.6) is 0 Å². The van der Waals surface area contributed by atoms with Gasteiger partial charge in [0.2, 0.25) is 0 Å². The summed E-state index contributed by atoms with van der Waals surface area (Å²) in [4.78, 5) is 22.8. The summed E-state index contributed by atoms with van der Waals surface area (Å²) in [5.41, 5.74) is 0.332. The highest BCUT2D eigenvalue weighted by Gasteiger charge is 2.26. The first-order valence-corrected chi connectivity index (χ1v) is 10.3. The molecule has 3 rings (SSSR count). The summed E-state index contributed by atoms with van der Waals surface area (Å²) in [6.07, 6.45) is 0. The molecule has 28 heavy (non-hydrogen) atoms. The third-order valence-corrected chi connectivity index (χ3v) is 6.62. The third-order valence-electron chi connectivity index (χ3n) is 3.97. The Kier molecular flexibility index (Phi) is 5.48. The first kappa shape index (κ1) is 19.6. The molecule has 1 aromatic heterocycles. The van der Waals surface area contributed by atoms with Gasteiger partial charge in [0.25, 0.3) is 10.0 Å². The lowest BCUT2D eigenvalue weighted by Gasteiger charge is -2.24. The number of carbonyl (C=O) groups is 2. The van der Waals surface area contributed by atoms with E-state index in [-0.39, 0.29) is 22.6 Å². The standard InChI is InChI=1S/C19H15NO6S2/c21-18(22)13-3-7-15(8-4-13)20(12-16-2-1-11-27-16)28(25,26)17-9-5-14(6-10-17)19(23)24/h1-11H,12H2,(H,21,22)(H,23,24). The quantitative estimate of drug-likeness (QED) is 0.608. The Morgan fingerprint density at radius 1 is 0.857 bits per heavy atom. The largest absolute Gasteiger partial charge is 0.478 e. The summed E-state index contributed by atoms with van der Waals surface area (Å²) in [6.45, 7) is 0.0626. The lowest BCUT2D eigenvalue weighted by atomic mass is 10.2. The molecule has 3 aromatic rings. The van der Waals surface area contributed by atoms with E-state index < -0.39 is 22.0 Å². The fraction of sp³-hybridized carbons (Fsp3) is 0.0526. The van der Waals surface area contributed by atoms with E-state index >= 15 is 0 Å². The van der Waals surface area contributed by atoms with Gasteiger partial charge in [-0.3, -0.25) is 4.31 Å². The number of hydrogen-bond acceptors (Lipinski definition) is 5. The van der Waals surface area contributed by atoms with Crippen molar-refractivity contribution in [3.05, 3.63) is 82.0 Å². The van der Waals surface area contributed by atoms with Gasteiger partial charge in [0.15, 0.2) is 0 Å². The van der Waals surface area contributed by atoms with E-state index in [1.807, 2.05) is 5.38 Å². The number of nitrogens with zero attached hydrogens (tertiary/aromatic N) is 1. The first-order chi connectivity index (χ1) is 13.3. The average Bonchev–Trinajstić information content (AvgIpc) is 3.19. The number of rotatable bonds is 7. The summed E-state index contributed by atoms with van der Waals surface area (Å²) >= 11 is 1.39. The number of carboxylic acids is 2. The predicted molar refractivity (Wildman–Crippen MR) is 104 cm³/mol. The van der Waals surface area contributed by atoms with Crippen LogP contribution in [0.3, 0.4) is 0 Å². The van der Waals surface area contributed by atoms with Crippen molar-refractivity contribution in [1.29, 1.82) is 0 Å². The molecule has 9 heteroatoms. The summed E-state index contributed by atoms with van der Waals surface area (Å²) in [7, 11) is -4.01. The molecule has 0 bridgehead atoms. The van der Waals surface area contributed by atoms with Gasteiger partial charge in [0, 0.05) is 4.88 Å². The molecule has 0 radical (unpaired) electrons. The topological polar surface area (TPSA) is 112 Å². The van der Waals surface area contributed by atoms with Crippen LogP contribution in [0.15, 0.2) is 70.9 Å². The van der Waals surface area contributed by atoms with Crippen molar-refractivity contribution in [2.75, 3.05) is 4.31 Å². The molecule has 144 valence electrons. The number of thiophene rings is 1. The highest BCUT2D eigenvalue weighted by atomic mass is 32.2. The van der Waals surface area contributed by atoms with Crippen LogP contribution in [0.2, 0.25) is 0 Å². The molecular weight excluding hydrogens is 402 g/mol. The van der Waals surface area contributed by atoms with Gasteiger partial charge in [0.1, 0.15) is 0 Å². The van der Waals surface area contributed by atoms with Crippen LogP contribution in [-0.4, -0.2) is 30.6 Å². The number of aromatic carboxylic acids is 2. The van der Waals surface area contributed by atoms with Gasteiger partial charge in [-0.1, -0.05) is 6.07 Å². The van der Waals surface area contributed by atoms with Crippen LogP contribution in [-0.2, 0) is 16.6 Å². The third kappa shape index (κ3) is 4.05. The van der Waals surface area contributed by atoms with E-state index in [4.69, 9.17) is 10.2 Å². The highest BCUT2D eigenvalue weighted by Crippen LogP contribution is 2.28. The molecule has 0 amide bonds. The smallest absolute Gasteiger partial charge is 0.335 e. The van der Waals surface area contributed by atoms with E-state index in [1.54, 1.807) is 12.1 Å². The summed E-state index contributed by atoms with van der Waals surface area (Å²) in [5, 5.41) is 19.9. The number of sulfonamides is 1. The molecule has 0 fully saturated rings. The SMILES string of the molecule is O=C(O)c1ccc(N(Cc2cccs2)S(=O)(=O)c2ccc(C(=O)O)cc2)cc1. The maximum absolute atomic E-state index is 13.2. The molecular formula is C19H15NO6S2. The second kappa shape index (κ2) is 7.83. The molecule has 0 saturated carbocycles. The molecule has 0 aliphatic heterocycles. The average molecular weight is 417 g/mol. The molecule has 2 aromatic carbocycles. The van der Waals surface area contributed by atoms with Crippen LogP contribution in [0.4, 0.5) is 5.69 Å². The molecule has 0 saturated heterocycles. The second-order valence-corrected chi connectivity index (χ2v) is 8.67. The Morgan fingerprint density at radius 3 is 1.86 bits per heavy atom. The Hall–Kier alpha value is -3.17. The van der Waals surface area contributed by atoms with Crippen LogP contribution < -0.4 is 4.31 Å². The van der Waals surface area contributed by atoms with E-state index in [9.17, 15) is 18.0 Å². The van der Waals surface area contributed by atoms with Gasteiger partial charge in [-0.15, -0.1) is 11.3 Å². The fourth-order valence-electron chi connectivity index (χ4n) is 2.53. The zero-order valence-electron chi connectivity index (χ0n) is 14.3. The number of carboxylic acid groups (broad SMARTS) is 2. The second-order valence-electron chi connectivity index (χ2n) is 5.77. The van der Waals surface area contributed by atoms with Crippen molar-refractivity contribution < 1.29 is 28.2 Å². The van der Waals surface area contributed by atoms with Crippen molar-refractivity contribution >= 4 is 39.0 Å². The maximum Gasteiger partial charge on any atom is 0.335 e. The number of anilines is 1. The van der Waals surface area contributed by atoms with E-state index in [2.05, 4.69) is 0 Å². The predicted octanol–water partition coefficient (Wildman–Crippen LogP) is 3.54. The van der Waals surface area contributed by atoms with Gasteiger partial charge in [-0.2, -0.15) is 0 Å². The minimum absolute atomic E-state index is 0.0189. The van der Waals surface area contributed by atoms with Gasteiger partial charge >= 0.3 is 11.9 Å². The van der Waals surface area contributed by atoms with Gasteiger partial charge in [0.05, 0.1) is 28.3 Å². The Bertz CT molecular complexity index is 1090. The van der Waals surface area contributed by atoms with Gasteiger partial charge < -0.3 is 10.2 Å². The number of hydrogen-bond donors (Lipinski definition) is 2. The van der Waals surface area contributed by atoms with Crippen LogP contribution >= 0.6 is 11.3 Å². The number of benzene rings is 2. The zero-order chi connectivity index (χ0) is 20.3. The minimum atomic E-state index is -4.01. The summed E-state index contributed by atoms with van der Waals surface area (Å²) in [5.74, 6) is -2.26. The van der Waals surface area contributed by atoms with E-state index in [0.29, 0.717) is 5.69 Å². The fourth-order valence-corrected chi connectivity index (χ4v) is 4.74. The normalized spacial score (nSPS) is 11.1. The van der Waals surface area contributed by atoms with Crippen molar-refractivity contribution in [3.63, 3.8) is 0 Å². The van der Waals surface area contributed by atoms with Crippen molar-refractivity contribution in [1.82, 2.24) is 0 Å². The van der Waals surface area contributed by atoms with Crippen LogP contribution in [0, 0.1) is 0 Å². The van der Waals surface area contributed by atoms with Gasteiger partial charge in [-0.25, -0.2) is 18.0 Å². The first-order valence-electron chi connectivity index (χ1n) is 8.01. The Balaban J connectivity index is 2.04. The van der Waals surface area contributed by atoms with Crippen molar-refractivity contribution in [3.8, 4) is 0 Å². The van der Waals surface area contributed by atoms with E-state index in [0.717, 1.165) is 4.88 Å². The molecule has 0 aliphatic carbocycles. The monoisotopic (exact) mass is 417 g/mol. The lowest BCUT2D eigenvalue weighted by Crippen LogP contribution is -2.30. The minimum Gasteiger partial charge on any atom is -0.478 e. The summed E-state index contributed by atoms with van der Waals surface area (Å²) < 4.78 is 27.6. The van der Waals surface area contributed by atoms with Crippen LogP contribution in [0.1, 0.15) is 25.6 Å². The Morgan fingerprint density at radius 2 is 1.39 bits per heavy atom. The molecule has 7 nitrogen and oxygen atoms in total.